The number of nitrogens with one attached hydrogen (secondary N) is 1. The second kappa shape index (κ2) is 7.96. The monoisotopic (exact) mass is 380 g/mol. The first-order valence-corrected chi connectivity index (χ1v) is 9.82. The first-order chi connectivity index (χ1) is 13.6. The highest BCUT2D eigenvalue weighted by Crippen LogP contribution is 2.23. The Morgan fingerprint density at radius 2 is 1.93 bits per heavy atom. The third kappa shape index (κ3) is 3.98. The average molecular weight is 380 g/mol. The highest BCUT2D eigenvalue weighted by molar-refractivity contribution is 5.94. The Labute approximate surface area is 163 Å². The summed E-state index contributed by atoms with van der Waals surface area (Å²) in [6.07, 6.45) is 6.44. The van der Waals surface area contributed by atoms with E-state index in [-0.39, 0.29) is 17.4 Å². The van der Waals surface area contributed by atoms with Crippen LogP contribution in [0.4, 0.5) is 0 Å². The predicted octanol–water partition coefficient (Wildman–Crippen LogP) is 1.91. The van der Waals surface area contributed by atoms with E-state index in [0.717, 1.165) is 44.5 Å². The summed E-state index contributed by atoms with van der Waals surface area (Å²) in [4.78, 5) is 46.7. The van der Waals surface area contributed by atoms with Crippen LogP contribution in [0, 0.1) is 5.92 Å². The molecule has 0 bridgehead atoms. The molecule has 0 spiro atoms. The van der Waals surface area contributed by atoms with Crippen LogP contribution in [-0.4, -0.2) is 57.8 Å². The number of nitrogens with zero attached hydrogens (tertiary/aromatic N) is 3. The van der Waals surface area contributed by atoms with Gasteiger partial charge in [0.05, 0.1) is 18.1 Å². The minimum absolute atomic E-state index is 0.0173. The van der Waals surface area contributed by atoms with Gasteiger partial charge in [0, 0.05) is 38.2 Å². The zero-order chi connectivity index (χ0) is 19.5. The largest absolute Gasteiger partial charge is 0.342 e. The molecule has 2 aliphatic rings. The molecule has 2 aromatic rings. The lowest BCUT2D eigenvalue weighted by Gasteiger charge is -2.34. The predicted molar refractivity (Wildman–Crippen MR) is 105 cm³/mol. The van der Waals surface area contributed by atoms with Gasteiger partial charge in [-0.25, -0.2) is 0 Å². The number of aromatic nitrogens is 2. The van der Waals surface area contributed by atoms with Crippen molar-refractivity contribution in [3.63, 3.8) is 0 Å². The van der Waals surface area contributed by atoms with Gasteiger partial charge in [0.25, 0.3) is 11.5 Å². The number of carbonyl (C=O) groups is 2. The summed E-state index contributed by atoms with van der Waals surface area (Å²) in [6, 6.07) is 7.22. The quantitative estimate of drug-likeness (QED) is 0.878. The molecular formula is C21H24N4O3. The van der Waals surface area contributed by atoms with E-state index in [1.54, 1.807) is 18.3 Å². The number of likely N-dealkylation sites (tertiary alicyclic amines) is 2. The van der Waals surface area contributed by atoms with Gasteiger partial charge in [-0.15, -0.1) is 0 Å². The number of carbonyl (C=O) groups excluding carboxylic acids is 2. The molecule has 3 heterocycles. The van der Waals surface area contributed by atoms with Crippen molar-refractivity contribution in [3.8, 4) is 11.3 Å². The van der Waals surface area contributed by atoms with Crippen molar-refractivity contribution < 1.29 is 9.59 Å². The summed E-state index contributed by atoms with van der Waals surface area (Å²) < 4.78 is 0. The Hall–Kier alpha value is -2.96. The van der Waals surface area contributed by atoms with Gasteiger partial charge in [-0.2, -0.15) is 0 Å². The lowest BCUT2D eigenvalue weighted by atomic mass is 9.96. The zero-order valence-corrected chi connectivity index (χ0v) is 15.8. The van der Waals surface area contributed by atoms with E-state index in [4.69, 9.17) is 0 Å². The third-order valence-corrected chi connectivity index (χ3v) is 5.55. The normalized spacial score (nSPS) is 19.9. The van der Waals surface area contributed by atoms with Gasteiger partial charge in [-0.1, -0.05) is 12.1 Å². The molecule has 146 valence electrons. The van der Waals surface area contributed by atoms with E-state index >= 15 is 0 Å². The Bertz CT molecular complexity index is 922. The fourth-order valence-electron chi connectivity index (χ4n) is 4.11. The van der Waals surface area contributed by atoms with Gasteiger partial charge in [0.2, 0.25) is 5.91 Å². The third-order valence-electron chi connectivity index (χ3n) is 5.55. The van der Waals surface area contributed by atoms with Crippen LogP contribution in [0.1, 0.15) is 36.0 Å². The van der Waals surface area contributed by atoms with E-state index in [0.29, 0.717) is 30.1 Å². The lowest BCUT2D eigenvalue weighted by molar-refractivity contribution is -0.128. The highest BCUT2D eigenvalue weighted by Gasteiger charge is 2.28. The Morgan fingerprint density at radius 1 is 1.11 bits per heavy atom. The molecule has 28 heavy (non-hydrogen) atoms. The molecule has 7 heteroatoms. The molecule has 2 aliphatic heterocycles. The Morgan fingerprint density at radius 3 is 2.64 bits per heavy atom. The van der Waals surface area contributed by atoms with Crippen molar-refractivity contribution in [1.82, 2.24) is 19.8 Å². The Kier molecular flexibility index (Phi) is 5.23. The van der Waals surface area contributed by atoms with E-state index in [9.17, 15) is 14.4 Å². The molecule has 0 aliphatic carbocycles. The summed E-state index contributed by atoms with van der Waals surface area (Å²) in [6.45, 7) is 3.05. The number of H-pyrrole nitrogens is 1. The van der Waals surface area contributed by atoms with Crippen LogP contribution in [-0.2, 0) is 4.79 Å². The summed E-state index contributed by atoms with van der Waals surface area (Å²) in [7, 11) is 0. The topological polar surface area (TPSA) is 86.4 Å². The highest BCUT2D eigenvalue weighted by atomic mass is 16.2. The van der Waals surface area contributed by atoms with Gasteiger partial charge >= 0.3 is 0 Å². The fourth-order valence-corrected chi connectivity index (χ4v) is 4.11. The molecular weight excluding hydrogens is 356 g/mol. The number of hydrogen-bond acceptors (Lipinski definition) is 4. The van der Waals surface area contributed by atoms with Crippen LogP contribution < -0.4 is 5.56 Å². The molecule has 1 N–H and O–H groups in total. The standard InChI is InChI=1S/C21H24N4O3/c26-19-12-22-11-18(23-19)16-5-7-17(8-6-16)21(28)25-10-1-3-15(14-25)13-24-9-2-4-20(24)27/h5-8,11-12,15H,1-4,9-10,13-14H2,(H,23,26)/t15-/m1/s1. The number of amides is 2. The van der Waals surface area contributed by atoms with Gasteiger partial charge in [-0.05, 0) is 42.9 Å². The van der Waals surface area contributed by atoms with E-state index in [2.05, 4.69) is 9.97 Å². The second-order valence-corrected chi connectivity index (χ2v) is 7.59. The second-order valence-electron chi connectivity index (χ2n) is 7.59. The molecule has 0 radical (unpaired) electrons. The van der Waals surface area contributed by atoms with Crippen molar-refractivity contribution in [1.29, 1.82) is 0 Å². The average Bonchev–Trinajstić information content (AvgIpc) is 3.12. The van der Waals surface area contributed by atoms with Crippen molar-refractivity contribution >= 4 is 11.8 Å². The fraction of sp³-hybridized carbons (Fsp3) is 0.429. The van der Waals surface area contributed by atoms with Crippen molar-refractivity contribution in [3.05, 3.63) is 52.6 Å². The van der Waals surface area contributed by atoms with Crippen molar-refractivity contribution in [2.45, 2.75) is 25.7 Å². The van der Waals surface area contributed by atoms with Gasteiger partial charge < -0.3 is 14.8 Å². The maximum absolute atomic E-state index is 12.9. The van der Waals surface area contributed by atoms with Crippen molar-refractivity contribution in [2.75, 3.05) is 26.2 Å². The van der Waals surface area contributed by atoms with E-state index in [1.807, 2.05) is 21.9 Å². The molecule has 1 aromatic heterocycles. The summed E-state index contributed by atoms with van der Waals surface area (Å²) >= 11 is 0. The smallest absolute Gasteiger partial charge is 0.266 e. The lowest BCUT2D eigenvalue weighted by Crippen LogP contribution is -2.44. The van der Waals surface area contributed by atoms with Crippen LogP contribution in [0.3, 0.4) is 0 Å². The summed E-state index contributed by atoms with van der Waals surface area (Å²) in [5.41, 5.74) is 1.81. The number of benzene rings is 1. The number of hydrogen-bond donors (Lipinski definition) is 1. The zero-order valence-electron chi connectivity index (χ0n) is 15.8. The summed E-state index contributed by atoms with van der Waals surface area (Å²) in [5.74, 6) is 0.607. The number of piperidine rings is 1. The minimum atomic E-state index is -0.256. The molecule has 4 rings (SSSR count). The van der Waals surface area contributed by atoms with E-state index < -0.39 is 0 Å². The van der Waals surface area contributed by atoms with Crippen LogP contribution in [0.25, 0.3) is 11.3 Å². The molecule has 2 saturated heterocycles. The first kappa shape index (κ1) is 18.4. The maximum Gasteiger partial charge on any atom is 0.266 e. The van der Waals surface area contributed by atoms with Crippen LogP contribution in [0.5, 0.6) is 0 Å². The number of aromatic amines is 1. The molecule has 0 unspecified atom stereocenters. The molecule has 7 nitrogen and oxygen atoms in total. The SMILES string of the molecule is O=C1CCCN1C[C@H]1CCCN(C(=O)c2ccc(-c3cncc(=O)[nH]3)cc2)C1. The molecule has 0 saturated carbocycles. The summed E-state index contributed by atoms with van der Waals surface area (Å²) in [5, 5.41) is 0. The van der Waals surface area contributed by atoms with Gasteiger partial charge in [0.15, 0.2) is 0 Å². The Balaban J connectivity index is 1.42. The first-order valence-electron chi connectivity index (χ1n) is 9.82. The van der Waals surface area contributed by atoms with Gasteiger partial charge in [-0.3, -0.25) is 19.4 Å². The minimum Gasteiger partial charge on any atom is -0.342 e. The molecule has 2 fully saturated rings. The van der Waals surface area contributed by atoms with Crippen LogP contribution >= 0.6 is 0 Å². The molecule has 2 amide bonds. The van der Waals surface area contributed by atoms with E-state index in [1.165, 1.54) is 6.20 Å². The van der Waals surface area contributed by atoms with Gasteiger partial charge in [0.1, 0.15) is 0 Å². The molecule has 1 aromatic carbocycles. The number of rotatable bonds is 4. The van der Waals surface area contributed by atoms with Crippen LogP contribution in [0.15, 0.2) is 41.5 Å². The molecule has 1 atom stereocenters. The van der Waals surface area contributed by atoms with Crippen LogP contribution in [0.2, 0.25) is 0 Å². The van der Waals surface area contributed by atoms with Crippen molar-refractivity contribution in [2.24, 2.45) is 5.92 Å². The maximum atomic E-state index is 12.9.